The third-order valence-corrected chi connectivity index (χ3v) is 6.38. The van der Waals surface area contributed by atoms with Crippen LogP contribution in [0.25, 0.3) is 0 Å². The van der Waals surface area contributed by atoms with Crippen molar-refractivity contribution in [1.82, 2.24) is 4.47 Å². The molecule has 0 amide bonds. The Labute approximate surface area is 101 Å². The Morgan fingerprint density at radius 3 is 2.80 bits per heavy atom. The average molecular weight is 312 g/mol. The van der Waals surface area contributed by atoms with Crippen LogP contribution in [0.3, 0.4) is 0 Å². The van der Waals surface area contributed by atoms with Gasteiger partial charge in [0.2, 0.25) is 0 Å². The van der Waals surface area contributed by atoms with E-state index in [0.29, 0.717) is 21.8 Å². The Morgan fingerprint density at radius 2 is 2.27 bits per heavy atom. The van der Waals surface area contributed by atoms with Gasteiger partial charge in [0.05, 0.1) is 6.61 Å². The Hall–Kier alpha value is 0.0500. The molecule has 0 aromatic carbocycles. The first kappa shape index (κ1) is 11.5. The summed E-state index contributed by atoms with van der Waals surface area (Å²) in [6, 6.07) is 1.72. The van der Waals surface area contributed by atoms with Crippen molar-refractivity contribution in [2.45, 2.75) is 17.1 Å². The summed E-state index contributed by atoms with van der Waals surface area (Å²) in [5.41, 5.74) is 0. The van der Waals surface area contributed by atoms with Gasteiger partial charge in [-0.05, 0) is 40.2 Å². The second kappa shape index (κ2) is 4.50. The summed E-state index contributed by atoms with van der Waals surface area (Å²) < 4.78 is 26.1. The van der Waals surface area contributed by atoms with E-state index in [0.717, 1.165) is 17.3 Å². The largest absolute Gasteiger partial charge is 0.284 e. The summed E-state index contributed by atoms with van der Waals surface area (Å²) in [6.07, 6.45) is 1.76. The van der Waals surface area contributed by atoms with Gasteiger partial charge < -0.3 is 0 Å². The molecule has 0 saturated carbocycles. The van der Waals surface area contributed by atoms with Crippen molar-refractivity contribution in [3.05, 3.63) is 15.9 Å². The van der Waals surface area contributed by atoms with Crippen LogP contribution in [0.4, 0.5) is 0 Å². The Bertz CT molecular complexity index is 436. The van der Waals surface area contributed by atoms with Gasteiger partial charge in [-0.1, -0.05) is 4.47 Å². The highest BCUT2D eigenvalue weighted by Crippen LogP contribution is 2.31. The fourth-order valence-corrected chi connectivity index (χ4v) is 5.01. The molecule has 0 radical (unpaired) electrons. The second-order valence-corrected chi connectivity index (χ2v) is 6.92. The topological polar surface area (TPSA) is 46.6 Å². The zero-order valence-corrected chi connectivity index (χ0v) is 11.1. The molecule has 1 aromatic heterocycles. The first-order valence-electron chi connectivity index (χ1n) is 4.51. The van der Waals surface area contributed by atoms with E-state index in [1.54, 1.807) is 11.4 Å². The molecule has 84 valence electrons. The predicted octanol–water partition coefficient (Wildman–Crippen LogP) is 2.23. The Kier molecular flexibility index (Phi) is 3.46. The van der Waals surface area contributed by atoms with Crippen molar-refractivity contribution in [2.24, 2.45) is 0 Å². The molecule has 0 atom stereocenters. The molecule has 1 fully saturated rings. The number of rotatable bonds is 2. The highest BCUT2D eigenvalue weighted by atomic mass is 79.9. The quantitative estimate of drug-likeness (QED) is 0.841. The van der Waals surface area contributed by atoms with Crippen LogP contribution in [-0.4, -0.2) is 26.0 Å². The molecule has 2 rings (SSSR count). The number of sulfonamides is 1. The second-order valence-electron chi connectivity index (χ2n) is 3.13. The molecule has 7 heteroatoms. The number of hydroxylamine groups is 1. The van der Waals surface area contributed by atoms with E-state index in [1.165, 1.54) is 11.3 Å². The molecule has 1 saturated heterocycles. The summed E-state index contributed by atoms with van der Waals surface area (Å²) in [6.45, 7) is 0.912. The van der Waals surface area contributed by atoms with Gasteiger partial charge in [-0.3, -0.25) is 4.84 Å². The van der Waals surface area contributed by atoms with E-state index in [1.807, 2.05) is 0 Å². The fraction of sp³-hybridized carbons (Fsp3) is 0.500. The summed E-state index contributed by atoms with van der Waals surface area (Å²) in [5, 5.41) is 1.74. The normalized spacial score (nSPS) is 19.3. The maximum Gasteiger partial charge on any atom is 0.275 e. The number of thiophene rings is 1. The van der Waals surface area contributed by atoms with Gasteiger partial charge in [-0.15, -0.1) is 11.3 Å². The fourth-order valence-electron chi connectivity index (χ4n) is 1.32. The van der Waals surface area contributed by atoms with Crippen LogP contribution in [0.1, 0.15) is 12.8 Å². The summed E-state index contributed by atoms with van der Waals surface area (Å²) in [7, 11) is -3.47. The van der Waals surface area contributed by atoms with Crippen molar-refractivity contribution in [1.29, 1.82) is 0 Å². The average Bonchev–Trinajstić information content (AvgIpc) is 2.66. The van der Waals surface area contributed by atoms with E-state index in [2.05, 4.69) is 15.9 Å². The molecule has 0 spiro atoms. The number of hydrogen-bond acceptors (Lipinski definition) is 4. The van der Waals surface area contributed by atoms with E-state index >= 15 is 0 Å². The van der Waals surface area contributed by atoms with E-state index in [-0.39, 0.29) is 0 Å². The predicted molar refractivity (Wildman–Crippen MR) is 61.1 cm³/mol. The molecule has 2 heterocycles. The lowest BCUT2D eigenvalue weighted by molar-refractivity contribution is -0.108. The van der Waals surface area contributed by atoms with Gasteiger partial charge in [-0.2, -0.15) is 0 Å². The van der Waals surface area contributed by atoms with Crippen molar-refractivity contribution in [3.63, 3.8) is 0 Å². The Balaban J connectivity index is 2.30. The third kappa shape index (κ3) is 2.26. The zero-order valence-electron chi connectivity index (χ0n) is 7.85. The summed E-state index contributed by atoms with van der Waals surface area (Å²) in [4.78, 5) is 5.15. The lowest BCUT2D eigenvalue weighted by Gasteiger charge is -2.24. The molecule has 0 aliphatic carbocycles. The highest BCUT2D eigenvalue weighted by molar-refractivity contribution is 9.10. The van der Waals surface area contributed by atoms with Gasteiger partial charge >= 0.3 is 0 Å². The smallest absolute Gasteiger partial charge is 0.275 e. The standard InChI is InChI=1S/C8H10BrNO3S2/c9-7-3-6-14-8(7)15(11,12)10-4-1-2-5-13-10/h3,6H,1-2,4-5H2. The van der Waals surface area contributed by atoms with E-state index in [9.17, 15) is 8.42 Å². The first-order valence-corrected chi connectivity index (χ1v) is 7.62. The van der Waals surface area contributed by atoms with Crippen LogP contribution in [-0.2, 0) is 14.9 Å². The number of nitrogens with zero attached hydrogens (tertiary/aromatic N) is 1. The zero-order chi connectivity index (χ0) is 10.9. The SMILES string of the molecule is O=S(=O)(c1sccc1Br)N1CCCCO1. The Morgan fingerprint density at radius 1 is 1.47 bits per heavy atom. The molecule has 1 aliphatic heterocycles. The molecule has 15 heavy (non-hydrogen) atoms. The maximum absolute atomic E-state index is 12.1. The van der Waals surface area contributed by atoms with Crippen LogP contribution >= 0.6 is 27.3 Å². The van der Waals surface area contributed by atoms with Gasteiger partial charge in [0.25, 0.3) is 10.0 Å². The maximum atomic E-state index is 12.1. The molecule has 1 aromatic rings. The van der Waals surface area contributed by atoms with Crippen LogP contribution in [0, 0.1) is 0 Å². The summed E-state index contributed by atoms with van der Waals surface area (Å²) in [5.74, 6) is 0. The van der Waals surface area contributed by atoms with Gasteiger partial charge in [0.1, 0.15) is 0 Å². The minimum atomic E-state index is -3.47. The van der Waals surface area contributed by atoms with Crippen LogP contribution < -0.4 is 0 Å². The summed E-state index contributed by atoms with van der Waals surface area (Å²) >= 11 is 4.41. The van der Waals surface area contributed by atoms with Crippen LogP contribution in [0.5, 0.6) is 0 Å². The van der Waals surface area contributed by atoms with Crippen molar-refractivity contribution in [2.75, 3.05) is 13.2 Å². The van der Waals surface area contributed by atoms with Crippen molar-refractivity contribution < 1.29 is 13.3 Å². The number of hydrogen-bond donors (Lipinski definition) is 0. The lowest BCUT2D eigenvalue weighted by Crippen LogP contribution is -2.35. The van der Waals surface area contributed by atoms with E-state index in [4.69, 9.17) is 4.84 Å². The van der Waals surface area contributed by atoms with Crippen molar-refractivity contribution in [3.8, 4) is 0 Å². The third-order valence-electron chi connectivity index (χ3n) is 2.06. The van der Waals surface area contributed by atoms with Gasteiger partial charge in [0.15, 0.2) is 4.21 Å². The van der Waals surface area contributed by atoms with Gasteiger partial charge in [0, 0.05) is 11.0 Å². The lowest BCUT2D eigenvalue weighted by atomic mass is 10.3. The molecule has 0 unspecified atom stereocenters. The van der Waals surface area contributed by atoms with Crippen LogP contribution in [0.2, 0.25) is 0 Å². The molecule has 0 N–H and O–H groups in total. The first-order chi connectivity index (χ1) is 7.12. The van der Waals surface area contributed by atoms with Crippen LogP contribution in [0.15, 0.2) is 20.1 Å². The van der Waals surface area contributed by atoms with E-state index < -0.39 is 10.0 Å². The molecular weight excluding hydrogens is 302 g/mol. The molecule has 0 bridgehead atoms. The minimum absolute atomic E-state index is 0.310. The molecule has 1 aliphatic rings. The minimum Gasteiger partial charge on any atom is -0.284 e. The molecule has 4 nitrogen and oxygen atoms in total. The van der Waals surface area contributed by atoms with Gasteiger partial charge in [-0.25, -0.2) is 8.42 Å². The number of halogens is 1. The van der Waals surface area contributed by atoms with Crippen molar-refractivity contribution >= 4 is 37.3 Å². The monoisotopic (exact) mass is 311 g/mol. The highest BCUT2D eigenvalue weighted by Gasteiger charge is 2.30. The molecular formula is C8H10BrNO3S2.